The summed E-state index contributed by atoms with van der Waals surface area (Å²) in [5.74, 6) is 0.823. The van der Waals surface area contributed by atoms with Crippen LogP contribution in [0.1, 0.15) is 21.7 Å². The van der Waals surface area contributed by atoms with Crippen LogP contribution in [0, 0.1) is 6.92 Å². The fourth-order valence-electron chi connectivity index (χ4n) is 3.40. The zero-order valence-corrected chi connectivity index (χ0v) is 17.5. The Hall–Kier alpha value is -3.21. The molecule has 1 N–H and O–H groups in total. The second-order valence-electron chi connectivity index (χ2n) is 6.95. The number of rotatable bonds is 5. The van der Waals surface area contributed by atoms with Crippen LogP contribution in [0.15, 0.2) is 30.6 Å². The summed E-state index contributed by atoms with van der Waals surface area (Å²) in [5.41, 5.74) is 1.62. The molecule has 0 saturated heterocycles. The Labute approximate surface area is 179 Å². The van der Waals surface area contributed by atoms with Crippen molar-refractivity contribution in [2.24, 2.45) is 0 Å². The average Bonchev–Trinajstić information content (AvgIpc) is 3.17. The number of aryl methyl sites for hydroxylation is 1. The molecule has 0 radical (unpaired) electrons. The Morgan fingerprint density at radius 3 is 2.81 bits per heavy atom. The molecular formula is C20H18F3N5O2S. The van der Waals surface area contributed by atoms with Crippen LogP contribution in [0.3, 0.4) is 0 Å². The van der Waals surface area contributed by atoms with E-state index in [-0.39, 0.29) is 17.9 Å². The van der Waals surface area contributed by atoms with Crippen LogP contribution < -0.4 is 10.1 Å². The molecule has 0 fully saturated rings. The maximum Gasteiger partial charge on any atom is 0.406 e. The van der Waals surface area contributed by atoms with Gasteiger partial charge < -0.3 is 15.0 Å². The Morgan fingerprint density at radius 1 is 1.29 bits per heavy atom. The monoisotopic (exact) mass is 449 g/mol. The summed E-state index contributed by atoms with van der Waals surface area (Å²) < 4.78 is 43.7. The zero-order valence-electron chi connectivity index (χ0n) is 16.7. The lowest BCUT2D eigenvalue weighted by atomic mass is 9.95. The molecule has 2 aromatic heterocycles. The zero-order chi connectivity index (χ0) is 22.2. The molecule has 0 bridgehead atoms. The van der Waals surface area contributed by atoms with Crippen molar-refractivity contribution in [1.82, 2.24) is 19.9 Å². The van der Waals surface area contributed by atoms with Crippen LogP contribution in [-0.2, 0) is 6.42 Å². The summed E-state index contributed by atoms with van der Waals surface area (Å²) in [6, 6.07) is 5.20. The number of ether oxygens (including phenoxy) is 1. The van der Waals surface area contributed by atoms with Crippen molar-refractivity contribution in [3.8, 4) is 16.2 Å². The predicted octanol–water partition coefficient (Wildman–Crippen LogP) is 4.22. The number of halogens is 3. The van der Waals surface area contributed by atoms with Crippen molar-refractivity contribution < 1.29 is 22.7 Å². The maximum absolute atomic E-state index is 12.8. The van der Waals surface area contributed by atoms with Crippen molar-refractivity contribution in [2.75, 3.05) is 25.5 Å². The van der Waals surface area contributed by atoms with Gasteiger partial charge in [-0.15, -0.1) is 0 Å². The molecule has 0 aliphatic carbocycles. The number of hydrogen-bond donors (Lipinski definition) is 1. The Balaban J connectivity index is 1.62. The standard InChI is InChI=1S/C20H18F3N5O2S/c1-11-24-5-3-16(26-11)27-19-25-9-15(31-19)13-7-12-4-6-28(10-20(21,22)23)18(29)17(12)14(8-13)30-2/h3,5,7-9H,4,6,10H2,1-2H3,(H,24,25,26,27). The minimum absolute atomic E-state index is 0.000506. The van der Waals surface area contributed by atoms with E-state index in [1.54, 1.807) is 31.5 Å². The SMILES string of the molecule is COc1cc(-c2cnc(Nc3ccnc(C)n3)s2)cc2c1C(=O)N(CC(F)(F)F)CC2. The number of alkyl halides is 3. The molecule has 4 rings (SSSR count). The summed E-state index contributed by atoms with van der Waals surface area (Å²) in [6.07, 6.45) is -0.810. The first-order valence-electron chi connectivity index (χ1n) is 9.33. The van der Waals surface area contributed by atoms with Crippen LogP contribution in [0.4, 0.5) is 24.1 Å². The third-order valence-electron chi connectivity index (χ3n) is 4.73. The molecule has 3 aromatic rings. The van der Waals surface area contributed by atoms with Gasteiger partial charge in [-0.05, 0) is 42.7 Å². The van der Waals surface area contributed by atoms with Gasteiger partial charge in [-0.25, -0.2) is 15.0 Å². The van der Waals surface area contributed by atoms with E-state index in [1.165, 1.54) is 18.4 Å². The number of amides is 1. The number of thiazole rings is 1. The van der Waals surface area contributed by atoms with Crippen molar-refractivity contribution in [1.29, 1.82) is 0 Å². The van der Waals surface area contributed by atoms with Crippen LogP contribution in [0.2, 0.25) is 0 Å². The first-order valence-corrected chi connectivity index (χ1v) is 10.1. The lowest BCUT2D eigenvalue weighted by molar-refractivity contribution is -0.141. The highest BCUT2D eigenvalue weighted by molar-refractivity contribution is 7.18. The highest BCUT2D eigenvalue weighted by Gasteiger charge is 2.37. The second kappa shape index (κ2) is 8.14. The lowest BCUT2D eigenvalue weighted by Gasteiger charge is -2.30. The second-order valence-corrected chi connectivity index (χ2v) is 7.98. The molecule has 0 saturated carbocycles. The van der Waals surface area contributed by atoms with Gasteiger partial charge in [0.25, 0.3) is 5.91 Å². The third-order valence-corrected chi connectivity index (χ3v) is 5.69. The van der Waals surface area contributed by atoms with Gasteiger partial charge in [0.1, 0.15) is 23.9 Å². The molecule has 0 spiro atoms. The number of carbonyl (C=O) groups is 1. The fraction of sp³-hybridized carbons (Fsp3) is 0.300. The van der Waals surface area contributed by atoms with Gasteiger partial charge >= 0.3 is 6.18 Å². The first-order chi connectivity index (χ1) is 14.7. The Kier molecular flexibility index (Phi) is 5.52. The molecule has 0 unspecified atom stereocenters. The lowest BCUT2D eigenvalue weighted by Crippen LogP contribution is -2.43. The highest BCUT2D eigenvalue weighted by atomic mass is 32.1. The number of fused-ring (bicyclic) bond motifs is 1. The van der Waals surface area contributed by atoms with Crippen LogP contribution >= 0.6 is 11.3 Å². The molecular weight excluding hydrogens is 431 g/mol. The Morgan fingerprint density at radius 2 is 2.10 bits per heavy atom. The van der Waals surface area contributed by atoms with Crippen molar-refractivity contribution in [2.45, 2.75) is 19.5 Å². The van der Waals surface area contributed by atoms with Gasteiger partial charge in [0.05, 0.1) is 17.6 Å². The smallest absolute Gasteiger partial charge is 0.406 e. The van der Waals surface area contributed by atoms with E-state index >= 15 is 0 Å². The third kappa shape index (κ3) is 4.61. The Bertz CT molecular complexity index is 1110. The normalized spacial score (nSPS) is 13.8. The highest BCUT2D eigenvalue weighted by Crippen LogP contribution is 2.37. The number of benzene rings is 1. The summed E-state index contributed by atoms with van der Waals surface area (Å²) in [5, 5.41) is 3.74. The molecule has 162 valence electrons. The van der Waals surface area contributed by atoms with Crippen LogP contribution in [0.5, 0.6) is 5.75 Å². The molecule has 7 nitrogen and oxygen atoms in total. The minimum Gasteiger partial charge on any atom is -0.496 e. The van der Waals surface area contributed by atoms with Gasteiger partial charge in [-0.1, -0.05) is 11.3 Å². The molecule has 11 heteroatoms. The summed E-state index contributed by atoms with van der Waals surface area (Å²) in [7, 11) is 1.40. The van der Waals surface area contributed by atoms with Crippen molar-refractivity contribution in [3.63, 3.8) is 0 Å². The fourth-order valence-corrected chi connectivity index (χ4v) is 4.21. The molecule has 1 amide bonds. The summed E-state index contributed by atoms with van der Waals surface area (Å²) in [4.78, 5) is 27.0. The van der Waals surface area contributed by atoms with E-state index in [9.17, 15) is 18.0 Å². The number of anilines is 2. The number of nitrogens with one attached hydrogen (secondary N) is 1. The van der Waals surface area contributed by atoms with E-state index < -0.39 is 18.6 Å². The van der Waals surface area contributed by atoms with Crippen molar-refractivity contribution >= 4 is 28.2 Å². The summed E-state index contributed by atoms with van der Waals surface area (Å²) in [6.45, 7) is 0.512. The first kappa shape index (κ1) is 21.0. The molecule has 31 heavy (non-hydrogen) atoms. The van der Waals surface area contributed by atoms with Crippen LogP contribution in [-0.4, -0.2) is 52.1 Å². The van der Waals surface area contributed by atoms with Crippen LogP contribution in [0.25, 0.3) is 10.4 Å². The quantitative estimate of drug-likeness (QED) is 0.628. The number of methoxy groups -OCH3 is 1. The van der Waals surface area contributed by atoms with E-state index in [0.717, 1.165) is 15.3 Å². The van der Waals surface area contributed by atoms with E-state index in [0.29, 0.717) is 28.8 Å². The van der Waals surface area contributed by atoms with E-state index in [4.69, 9.17) is 4.74 Å². The summed E-state index contributed by atoms with van der Waals surface area (Å²) >= 11 is 1.38. The van der Waals surface area contributed by atoms with Crippen molar-refractivity contribution in [3.05, 3.63) is 47.5 Å². The average molecular weight is 449 g/mol. The number of aromatic nitrogens is 3. The van der Waals surface area contributed by atoms with Gasteiger partial charge in [0.15, 0.2) is 5.13 Å². The minimum atomic E-state index is -4.45. The predicted molar refractivity (Wildman–Crippen MR) is 110 cm³/mol. The molecule has 0 atom stereocenters. The van der Waals surface area contributed by atoms with Gasteiger partial charge in [-0.2, -0.15) is 13.2 Å². The molecule has 3 heterocycles. The van der Waals surface area contributed by atoms with Gasteiger partial charge in [0.2, 0.25) is 0 Å². The van der Waals surface area contributed by atoms with Gasteiger partial charge in [-0.3, -0.25) is 4.79 Å². The number of carbonyl (C=O) groups excluding carboxylic acids is 1. The van der Waals surface area contributed by atoms with Gasteiger partial charge in [0, 0.05) is 18.9 Å². The number of hydrogen-bond acceptors (Lipinski definition) is 7. The largest absolute Gasteiger partial charge is 0.496 e. The van der Waals surface area contributed by atoms with E-state index in [2.05, 4.69) is 20.3 Å². The topological polar surface area (TPSA) is 80.2 Å². The molecule has 1 aliphatic rings. The van der Waals surface area contributed by atoms with E-state index in [1.807, 2.05) is 6.07 Å². The maximum atomic E-state index is 12.8. The molecule has 1 aliphatic heterocycles. The number of nitrogens with zero attached hydrogens (tertiary/aromatic N) is 4. The molecule has 1 aromatic carbocycles.